The molecule has 20 heavy (non-hydrogen) atoms. The Balaban J connectivity index is 2.04. The van der Waals surface area contributed by atoms with Crippen LogP contribution in [0.15, 0.2) is 18.2 Å². The molecular weight excluding hydrogens is 281 g/mol. The highest BCUT2D eigenvalue weighted by atomic mass is 32.2. The zero-order valence-electron chi connectivity index (χ0n) is 11.7. The fourth-order valence-corrected chi connectivity index (χ4v) is 3.75. The maximum atomic E-state index is 13.6. The molecule has 112 valence electrons. The molecule has 1 N–H and O–H groups in total. The highest BCUT2D eigenvalue weighted by Crippen LogP contribution is 2.22. The zero-order valence-corrected chi connectivity index (χ0v) is 12.5. The molecule has 1 unspecified atom stereocenters. The molecule has 1 aliphatic rings. The van der Waals surface area contributed by atoms with E-state index < -0.39 is 9.84 Å². The third-order valence-electron chi connectivity index (χ3n) is 3.14. The van der Waals surface area contributed by atoms with Gasteiger partial charge in [0.05, 0.1) is 11.5 Å². The summed E-state index contributed by atoms with van der Waals surface area (Å²) in [5.41, 5.74) is 0.787. The number of halogens is 1. The molecule has 1 aromatic carbocycles. The molecular formula is C14H20FNO3S. The van der Waals surface area contributed by atoms with Crippen molar-refractivity contribution in [1.82, 2.24) is 5.32 Å². The van der Waals surface area contributed by atoms with Gasteiger partial charge in [-0.3, -0.25) is 0 Å². The third kappa shape index (κ3) is 4.45. The van der Waals surface area contributed by atoms with E-state index in [2.05, 4.69) is 5.32 Å². The van der Waals surface area contributed by atoms with Gasteiger partial charge < -0.3 is 10.1 Å². The molecule has 1 atom stereocenters. The molecule has 0 spiro atoms. The number of rotatable bonds is 5. The van der Waals surface area contributed by atoms with Gasteiger partial charge in [-0.2, -0.15) is 0 Å². The Morgan fingerprint density at radius 2 is 2.15 bits per heavy atom. The van der Waals surface area contributed by atoms with E-state index in [0.29, 0.717) is 24.8 Å². The summed E-state index contributed by atoms with van der Waals surface area (Å²) in [4.78, 5) is 0. The quantitative estimate of drug-likeness (QED) is 0.902. The van der Waals surface area contributed by atoms with E-state index in [4.69, 9.17) is 4.74 Å². The van der Waals surface area contributed by atoms with Crippen molar-refractivity contribution in [3.63, 3.8) is 0 Å². The van der Waals surface area contributed by atoms with Crippen molar-refractivity contribution >= 4 is 9.84 Å². The van der Waals surface area contributed by atoms with Gasteiger partial charge in [0.25, 0.3) is 0 Å². The summed E-state index contributed by atoms with van der Waals surface area (Å²) in [6, 6.07) is 4.81. The Kier molecular flexibility index (Phi) is 4.65. The van der Waals surface area contributed by atoms with Crippen LogP contribution in [-0.2, 0) is 16.4 Å². The number of nitrogens with one attached hydrogen (secondary N) is 1. The lowest BCUT2D eigenvalue weighted by molar-refractivity contribution is 0.227. The summed E-state index contributed by atoms with van der Waals surface area (Å²) in [5, 5.41) is 3.20. The van der Waals surface area contributed by atoms with Gasteiger partial charge in [0.15, 0.2) is 9.84 Å². The van der Waals surface area contributed by atoms with Gasteiger partial charge in [-0.25, -0.2) is 12.8 Å². The van der Waals surface area contributed by atoms with Gasteiger partial charge in [-0.05, 0) is 24.1 Å². The van der Waals surface area contributed by atoms with Crippen LogP contribution in [0.5, 0.6) is 5.75 Å². The van der Waals surface area contributed by atoms with Crippen molar-refractivity contribution in [2.45, 2.75) is 39.0 Å². The second-order valence-electron chi connectivity index (χ2n) is 5.47. The van der Waals surface area contributed by atoms with Crippen molar-refractivity contribution in [3.8, 4) is 5.75 Å². The molecule has 0 aromatic heterocycles. The molecule has 4 nitrogen and oxygen atoms in total. The van der Waals surface area contributed by atoms with Crippen LogP contribution in [0.3, 0.4) is 0 Å². The Morgan fingerprint density at radius 1 is 1.40 bits per heavy atom. The van der Waals surface area contributed by atoms with Crippen LogP contribution in [0.1, 0.15) is 25.8 Å². The van der Waals surface area contributed by atoms with E-state index in [0.717, 1.165) is 5.56 Å². The lowest BCUT2D eigenvalue weighted by Crippen LogP contribution is -2.22. The largest absolute Gasteiger partial charge is 0.489 e. The molecule has 6 heteroatoms. The minimum absolute atomic E-state index is 0.0170. The van der Waals surface area contributed by atoms with E-state index >= 15 is 0 Å². The molecule has 1 fully saturated rings. The maximum absolute atomic E-state index is 13.6. The summed E-state index contributed by atoms with van der Waals surface area (Å²) in [6.45, 7) is 4.58. The fraction of sp³-hybridized carbons (Fsp3) is 0.571. The van der Waals surface area contributed by atoms with Crippen LogP contribution in [0.25, 0.3) is 0 Å². The summed E-state index contributed by atoms with van der Waals surface area (Å²) >= 11 is 0. The standard InChI is InChI=1S/C14H20FNO3S/c1-10(2)16-8-11-5-12(15)7-14(6-11)19-13-3-4-20(17,18)9-13/h5-7,10,13,16H,3-4,8-9H2,1-2H3. The Hall–Kier alpha value is -1.14. The first-order valence-electron chi connectivity index (χ1n) is 6.74. The first-order valence-corrected chi connectivity index (χ1v) is 8.56. The second-order valence-corrected chi connectivity index (χ2v) is 7.70. The smallest absolute Gasteiger partial charge is 0.154 e. The molecule has 0 amide bonds. The number of hydrogen-bond acceptors (Lipinski definition) is 4. The first kappa shape index (κ1) is 15.3. The SMILES string of the molecule is CC(C)NCc1cc(F)cc(OC2CCS(=O)(=O)C2)c1. The van der Waals surface area contributed by atoms with Gasteiger partial charge in [0.1, 0.15) is 17.7 Å². The van der Waals surface area contributed by atoms with E-state index in [1.807, 2.05) is 13.8 Å². The lowest BCUT2D eigenvalue weighted by Gasteiger charge is -2.14. The Morgan fingerprint density at radius 3 is 2.75 bits per heavy atom. The van der Waals surface area contributed by atoms with Crippen LogP contribution in [-0.4, -0.2) is 32.1 Å². The van der Waals surface area contributed by atoms with Gasteiger partial charge in [0.2, 0.25) is 0 Å². The molecule has 0 radical (unpaired) electrons. The van der Waals surface area contributed by atoms with E-state index in [1.165, 1.54) is 12.1 Å². The topological polar surface area (TPSA) is 55.4 Å². The summed E-state index contributed by atoms with van der Waals surface area (Å²) in [5.74, 6) is 0.189. The highest BCUT2D eigenvalue weighted by molar-refractivity contribution is 7.91. The van der Waals surface area contributed by atoms with E-state index in [1.54, 1.807) is 6.07 Å². The number of sulfone groups is 1. The lowest BCUT2D eigenvalue weighted by atomic mass is 10.2. The van der Waals surface area contributed by atoms with Gasteiger partial charge >= 0.3 is 0 Å². The van der Waals surface area contributed by atoms with Crippen molar-refractivity contribution in [2.75, 3.05) is 11.5 Å². The molecule has 0 bridgehead atoms. The van der Waals surface area contributed by atoms with E-state index in [9.17, 15) is 12.8 Å². The van der Waals surface area contributed by atoms with Crippen LogP contribution >= 0.6 is 0 Å². The van der Waals surface area contributed by atoms with Gasteiger partial charge in [-0.15, -0.1) is 0 Å². The molecule has 2 rings (SSSR count). The van der Waals surface area contributed by atoms with Crippen LogP contribution in [0, 0.1) is 5.82 Å². The normalized spacial score (nSPS) is 21.3. The number of benzene rings is 1. The monoisotopic (exact) mass is 301 g/mol. The molecule has 0 aliphatic carbocycles. The summed E-state index contributed by atoms with van der Waals surface area (Å²) < 4.78 is 41.9. The van der Waals surface area contributed by atoms with Crippen LogP contribution < -0.4 is 10.1 Å². The van der Waals surface area contributed by atoms with Crippen molar-refractivity contribution < 1.29 is 17.5 Å². The Labute approximate surface area is 119 Å². The van der Waals surface area contributed by atoms with Crippen LogP contribution in [0.4, 0.5) is 4.39 Å². The van der Waals surface area contributed by atoms with Gasteiger partial charge in [0, 0.05) is 18.7 Å². The highest BCUT2D eigenvalue weighted by Gasteiger charge is 2.29. The molecule has 1 saturated heterocycles. The van der Waals surface area contributed by atoms with Gasteiger partial charge in [-0.1, -0.05) is 13.8 Å². The zero-order chi connectivity index (χ0) is 14.8. The summed E-state index contributed by atoms with van der Waals surface area (Å²) in [6.07, 6.45) is 0.103. The first-order chi connectivity index (χ1) is 9.34. The van der Waals surface area contributed by atoms with Crippen LogP contribution in [0.2, 0.25) is 0 Å². The minimum Gasteiger partial charge on any atom is -0.489 e. The molecule has 1 heterocycles. The van der Waals surface area contributed by atoms with Crippen molar-refractivity contribution in [2.24, 2.45) is 0 Å². The predicted molar refractivity (Wildman–Crippen MR) is 76.1 cm³/mol. The predicted octanol–water partition coefficient (Wildman–Crippen LogP) is 1.89. The Bertz CT molecular complexity index is 572. The second kappa shape index (κ2) is 6.10. The molecule has 1 aromatic rings. The number of ether oxygens (including phenoxy) is 1. The summed E-state index contributed by atoms with van der Waals surface area (Å²) in [7, 11) is -2.99. The maximum Gasteiger partial charge on any atom is 0.154 e. The van der Waals surface area contributed by atoms with Crippen molar-refractivity contribution in [3.05, 3.63) is 29.6 Å². The number of hydrogen-bond donors (Lipinski definition) is 1. The minimum atomic E-state index is -2.99. The molecule has 0 saturated carbocycles. The van der Waals surface area contributed by atoms with Crippen molar-refractivity contribution in [1.29, 1.82) is 0 Å². The average molecular weight is 301 g/mol. The average Bonchev–Trinajstić information content (AvgIpc) is 2.65. The van der Waals surface area contributed by atoms with E-state index in [-0.39, 0.29) is 23.4 Å². The third-order valence-corrected chi connectivity index (χ3v) is 4.88. The fourth-order valence-electron chi connectivity index (χ4n) is 2.16. The molecule has 1 aliphatic heterocycles.